The van der Waals surface area contributed by atoms with E-state index in [1.807, 2.05) is 13.0 Å². The van der Waals surface area contributed by atoms with Crippen LogP contribution in [0.3, 0.4) is 0 Å². The van der Waals surface area contributed by atoms with Crippen LogP contribution in [0.5, 0.6) is 0 Å². The Bertz CT molecular complexity index is 892. The Kier molecular flexibility index (Phi) is 4.45. The molecule has 2 N–H and O–H groups in total. The first-order valence-electron chi connectivity index (χ1n) is 7.87. The van der Waals surface area contributed by atoms with Crippen LogP contribution in [0, 0.1) is 0 Å². The predicted molar refractivity (Wildman–Crippen MR) is 100 cm³/mol. The van der Waals surface area contributed by atoms with Gasteiger partial charge in [-0.3, -0.25) is 9.69 Å². The van der Waals surface area contributed by atoms with Crippen LogP contribution in [0.2, 0.25) is 0 Å². The molecule has 0 saturated carbocycles. The number of hydrogen-bond donors (Lipinski definition) is 1. The minimum atomic E-state index is -3.24. The molecule has 8 heteroatoms. The molecule has 0 bridgehead atoms. The first kappa shape index (κ1) is 18.0. The van der Waals surface area contributed by atoms with Crippen molar-refractivity contribution in [3.63, 3.8) is 0 Å². The minimum Gasteiger partial charge on any atom is -0.369 e. The zero-order valence-corrected chi connectivity index (χ0v) is 16.0. The number of hydrogen-bond acceptors (Lipinski definition) is 6. The van der Waals surface area contributed by atoms with Gasteiger partial charge in [-0.15, -0.1) is 11.8 Å². The molecular formula is C17H21N3O3S2. The number of carbonyl (C=O) groups is 1. The highest BCUT2D eigenvalue weighted by Gasteiger charge is 2.40. The molecule has 2 aliphatic rings. The molecular weight excluding hydrogens is 358 g/mol. The number of sulfone groups is 1. The van der Waals surface area contributed by atoms with Gasteiger partial charge in [0.25, 0.3) is 0 Å². The number of thioether (sulfide) groups is 1. The Balaban J connectivity index is 1.92. The Labute approximate surface area is 152 Å². The average Bonchev–Trinajstić information content (AvgIpc) is 3.03. The molecule has 1 amide bonds. The van der Waals surface area contributed by atoms with Crippen molar-refractivity contribution in [1.29, 1.82) is 0 Å². The number of rotatable bonds is 3. The van der Waals surface area contributed by atoms with Gasteiger partial charge >= 0.3 is 0 Å². The van der Waals surface area contributed by atoms with E-state index in [9.17, 15) is 13.2 Å². The van der Waals surface area contributed by atoms with Crippen LogP contribution in [0.1, 0.15) is 24.8 Å². The van der Waals surface area contributed by atoms with Gasteiger partial charge in [0.05, 0.1) is 11.3 Å². The van der Waals surface area contributed by atoms with Crippen molar-refractivity contribution >= 4 is 33.5 Å². The van der Waals surface area contributed by atoms with Crippen molar-refractivity contribution in [2.24, 2.45) is 10.7 Å². The third-order valence-electron chi connectivity index (χ3n) is 4.59. The number of nitrogens with zero attached hydrogens (tertiary/aromatic N) is 2. The molecule has 2 atom stereocenters. The van der Waals surface area contributed by atoms with E-state index in [1.165, 1.54) is 11.2 Å². The number of guanidine groups is 1. The highest BCUT2D eigenvalue weighted by Crippen LogP contribution is 2.45. The van der Waals surface area contributed by atoms with E-state index in [1.54, 1.807) is 37.0 Å². The first-order chi connectivity index (χ1) is 11.6. The van der Waals surface area contributed by atoms with E-state index < -0.39 is 15.4 Å². The summed E-state index contributed by atoms with van der Waals surface area (Å²) >= 11 is 1.65. The molecule has 2 aliphatic heterocycles. The highest BCUT2D eigenvalue weighted by atomic mass is 32.2. The summed E-state index contributed by atoms with van der Waals surface area (Å²) < 4.78 is 23.5. The van der Waals surface area contributed by atoms with E-state index in [4.69, 9.17) is 5.73 Å². The van der Waals surface area contributed by atoms with E-state index in [0.29, 0.717) is 4.90 Å². The fourth-order valence-corrected chi connectivity index (χ4v) is 5.03. The summed E-state index contributed by atoms with van der Waals surface area (Å²) in [5.41, 5.74) is 6.18. The van der Waals surface area contributed by atoms with Gasteiger partial charge in [0, 0.05) is 29.9 Å². The average molecular weight is 380 g/mol. The molecule has 1 unspecified atom stereocenters. The van der Waals surface area contributed by atoms with E-state index in [0.717, 1.165) is 16.2 Å². The fourth-order valence-electron chi connectivity index (χ4n) is 3.01. The zero-order chi connectivity index (χ0) is 18.4. The van der Waals surface area contributed by atoms with Gasteiger partial charge in [-0.25, -0.2) is 13.4 Å². The van der Waals surface area contributed by atoms with Gasteiger partial charge in [0.15, 0.2) is 15.8 Å². The van der Waals surface area contributed by atoms with Gasteiger partial charge in [-0.05, 0) is 24.6 Å². The molecule has 0 spiro atoms. The fraction of sp³-hybridized carbons (Fsp3) is 0.412. The summed E-state index contributed by atoms with van der Waals surface area (Å²) in [5.74, 6) is 1.05. The number of aliphatic imine (C=N–C) groups is 1. The molecule has 25 heavy (non-hydrogen) atoms. The Morgan fingerprint density at radius 1 is 1.40 bits per heavy atom. The number of nitrogens with two attached hydrogens (primary N) is 1. The molecule has 1 aromatic rings. The van der Waals surface area contributed by atoms with Crippen LogP contribution in [0.4, 0.5) is 0 Å². The number of allylic oxidation sites excluding steroid dienone is 1. The topological polar surface area (TPSA) is 92.8 Å². The van der Waals surface area contributed by atoms with E-state index in [-0.39, 0.29) is 24.2 Å². The summed E-state index contributed by atoms with van der Waals surface area (Å²) in [6.07, 6.45) is 3.57. The second kappa shape index (κ2) is 6.17. The molecule has 0 aliphatic carbocycles. The SMILES string of the molecule is CN1C(=O)C[C@@](C)(C2=CC(c3cccc(S(C)(=O)=O)c3)CS2)N=C1N. The number of benzene rings is 1. The molecule has 134 valence electrons. The Morgan fingerprint density at radius 2 is 2.12 bits per heavy atom. The second-order valence-electron chi connectivity index (χ2n) is 6.67. The van der Waals surface area contributed by atoms with Gasteiger partial charge in [0.1, 0.15) is 5.54 Å². The first-order valence-corrected chi connectivity index (χ1v) is 10.7. The Morgan fingerprint density at radius 3 is 2.76 bits per heavy atom. The molecule has 1 aromatic carbocycles. The van der Waals surface area contributed by atoms with Crippen LogP contribution in [0.15, 0.2) is 45.1 Å². The largest absolute Gasteiger partial charge is 0.369 e. The molecule has 3 rings (SSSR count). The number of amides is 1. The molecule has 6 nitrogen and oxygen atoms in total. The highest BCUT2D eigenvalue weighted by molar-refractivity contribution is 8.03. The van der Waals surface area contributed by atoms with Gasteiger partial charge in [-0.2, -0.15) is 0 Å². The van der Waals surface area contributed by atoms with Gasteiger partial charge < -0.3 is 5.73 Å². The monoisotopic (exact) mass is 379 g/mol. The predicted octanol–water partition coefficient (Wildman–Crippen LogP) is 1.74. The maximum absolute atomic E-state index is 12.1. The van der Waals surface area contributed by atoms with Crippen LogP contribution >= 0.6 is 11.8 Å². The standard InChI is InChI=1S/C17H21N3O3S2/c1-17(9-15(21)20(2)16(18)19-17)14-8-12(10-24-14)11-5-4-6-13(7-11)25(3,22)23/h4-8,12H,9-10H2,1-3H3,(H2,18,19)/t12?,17-/m0/s1. The minimum absolute atomic E-state index is 0.0565. The lowest BCUT2D eigenvalue weighted by atomic mass is 9.92. The molecule has 0 fully saturated rings. The van der Waals surface area contributed by atoms with Crippen LogP contribution in [0.25, 0.3) is 0 Å². The van der Waals surface area contributed by atoms with Crippen LogP contribution in [-0.2, 0) is 14.6 Å². The zero-order valence-electron chi connectivity index (χ0n) is 14.4. The quantitative estimate of drug-likeness (QED) is 0.863. The summed E-state index contributed by atoms with van der Waals surface area (Å²) in [6.45, 7) is 1.92. The van der Waals surface area contributed by atoms with Crippen molar-refractivity contribution in [1.82, 2.24) is 4.90 Å². The summed E-state index contributed by atoms with van der Waals surface area (Å²) in [5, 5.41) is 0. The Hall–Kier alpha value is -1.80. The maximum atomic E-state index is 12.1. The molecule has 0 aromatic heterocycles. The van der Waals surface area contributed by atoms with Crippen molar-refractivity contribution in [3.8, 4) is 0 Å². The second-order valence-corrected chi connectivity index (χ2v) is 9.74. The van der Waals surface area contributed by atoms with Gasteiger partial charge in [0.2, 0.25) is 5.91 Å². The van der Waals surface area contributed by atoms with Crippen molar-refractivity contribution in [2.75, 3.05) is 19.1 Å². The van der Waals surface area contributed by atoms with Gasteiger partial charge in [-0.1, -0.05) is 18.2 Å². The molecule has 0 saturated heterocycles. The third-order valence-corrected chi connectivity index (χ3v) is 7.11. The lowest BCUT2D eigenvalue weighted by Gasteiger charge is -2.33. The van der Waals surface area contributed by atoms with Crippen molar-refractivity contribution in [2.45, 2.75) is 29.7 Å². The normalized spacial score (nSPS) is 27.2. The number of carbonyl (C=O) groups excluding carboxylic acids is 1. The van der Waals surface area contributed by atoms with Crippen molar-refractivity contribution < 1.29 is 13.2 Å². The summed E-state index contributed by atoms with van der Waals surface area (Å²) in [4.78, 5) is 19.4. The van der Waals surface area contributed by atoms with Crippen LogP contribution in [-0.4, -0.2) is 49.8 Å². The smallest absolute Gasteiger partial charge is 0.231 e. The molecule has 2 heterocycles. The lowest BCUT2D eigenvalue weighted by Crippen LogP contribution is -2.48. The third kappa shape index (κ3) is 3.46. The van der Waals surface area contributed by atoms with E-state index >= 15 is 0 Å². The maximum Gasteiger partial charge on any atom is 0.231 e. The summed E-state index contributed by atoms with van der Waals surface area (Å²) in [6, 6.07) is 7.02. The molecule has 0 radical (unpaired) electrons. The lowest BCUT2D eigenvalue weighted by molar-refractivity contribution is -0.128. The van der Waals surface area contributed by atoms with E-state index in [2.05, 4.69) is 11.1 Å². The van der Waals surface area contributed by atoms with Crippen molar-refractivity contribution in [3.05, 3.63) is 40.8 Å². The summed E-state index contributed by atoms with van der Waals surface area (Å²) in [7, 11) is -1.62. The van der Waals surface area contributed by atoms with Crippen LogP contribution < -0.4 is 5.73 Å².